The van der Waals surface area contributed by atoms with E-state index < -0.39 is 10.2 Å². The molecule has 0 bridgehead atoms. The molecule has 0 aliphatic heterocycles. The Kier molecular flexibility index (Phi) is 5.81. The van der Waals surface area contributed by atoms with Gasteiger partial charge in [0.05, 0.1) is 5.56 Å². The molecule has 0 aliphatic rings. The number of benzene rings is 2. The van der Waals surface area contributed by atoms with Crippen molar-refractivity contribution in [3.8, 4) is 22.3 Å². The van der Waals surface area contributed by atoms with E-state index in [4.69, 9.17) is 18.6 Å². The monoisotopic (exact) mass is 381 g/mol. The van der Waals surface area contributed by atoms with Crippen LogP contribution in [-0.4, -0.2) is 0 Å². The van der Waals surface area contributed by atoms with Crippen molar-refractivity contribution in [3.05, 3.63) is 97.3 Å². The van der Waals surface area contributed by atoms with Crippen LogP contribution in [0.5, 0.6) is 0 Å². The van der Waals surface area contributed by atoms with Gasteiger partial charge in [-0.1, -0.05) is 60.7 Å². The maximum atomic E-state index is 8.49. The summed E-state index contributed by atoms with van der Waals surface area (Å²) in [6.45, 7) is 0. The van der Waals surface area contributed by atoms with Crippen molar-refractivity contribution in [3.63, 3.8) is 0 Å². The number of halogens is 1. The molecule has 0 unspecified atom stereocenters. The van der Waals surface area contributed by atoms with Crippen LogP contribution in [0.25, 0.3) is 27.8 Å². The average molecular weight is 382 g/mol. The fourth-order valence-corrected chi connectivity index (χ4v) is 2.85. The highest BCUT2D eigenvalue weighted by molar-refractivity contribution is 5.84. The van der Waals surface area contributed by atoms with Crippen molar-refractivity contribution in [2.75, 3.05) is 0 Å². The number of pyridine rings is 2. The summed E-state index contributed by atoms with van der Waals surface area (Å²) in [5, 5.41) is 0. The van der Waals surface area contributed by atoms with E-state index in [1.54, 1.807) is 0 Å². The smallest absolute Gasteiger partial charge is 0.211 e. The van der Waals surface area contributed by atoms with Crippen molar-refractivity contribution in [2.45, 2.75) is 0 Å². The predicted octanol–water partition coefficient (Wildman–Crippen LogP) is 0.00330. The van der Waals surface area contributed by atoms with Gasteiger partial charge in [-0.25, -0.2) is 18.6 Å². The number of fused-ring (bicyclic) bond motifs is 1. The minimum atomic E-state index is -4.94. The van der Waals surface area contributed by atoms with Crippen LogP contribution < -0.4 is 23.0 Å². The number of hydrogen-bond acceptors (Lipinski definition) is 4. The predicted molar refractivity (Wildman–Crippen MR) is 90.5 cm³/mol. The van der Waals surface area contributed by atoms with Crippen molar-refractivity contribution < 1.29 is 33.3 Å². The molecule has 0 fully saturated rings. The summed E-state index contributed by atoms with van der Waals surface area (Å²) in [5.41, 5.74) is 6.18. The lowest BCUT2D eigenvalue weighted by Crippen LogP contribution is -2.68. The van der Waals surface area contributed by atoms with E-state index in [0.29, 0.717) is 0 Å². The molecule has 4 rings (SSSR count). The molecule has 0 aliphatic carbocycles. The lowest BCUT2D eigenvalue weighted by atomic mass is 9.96. The van der Waals surface area contributed by atoms with E-state index in [9.17, 15) is 0 Å². The van der Waals surface area contributed by atoms with Gasteiger partial charge < -0.3 is 0 Å². The highest BCUT2D eigenvalue weighted by atomic mass is 35.7. The second-order valence-electron chi connectivity index (χ2n) is 5.74. The molecule has 0 spiro atoms. The van der Waals surface area contributed by atoms with Gasteiger partial charge in [0.2, 0.25) is 5.52 Å². The highest BCUT2D eigenvalue weighted by Crippen LogP contribution is 2.31. The Morgan fingerprint density at radius 3 is 1.63 bits per heavy atom. The van der Waals surface area contributed by atoms with Gasteiger partial charge in [-0.05, 0) is 17.2 Å². The molecule has 27 heavy (non-hydrogen) atoms. The minimum Gasteiger partial charge on any atom is -0.222 e. The van der Waals surface area contributed by atoms with Gasteiger partial charge in [0.1, 0.15) is 0 Å². The molecule has 0 saturated heterocycles. The van der Waals surface area contributed by atoms with E-state index in [2.05, 4.69) is 102 Å². The van der Waals surface area contributed by atoms with Crippen LogP contribution in [0.2, 0.25) is 0 Å². The summed E-state index contributed by atoms with van der Waals surface area (Å²) in [5.74, 6) is 0. The molecule has 0 N–H and O–H groups in total. The lowest BCUT2D eigenvalue weighted by Gasteiger charge is -2.17. The molecule has 5 nitrogen and oxygen atoms in total. The van der Waals surface area contributed by atoms with Crippen LogP contribution in [0.4, 0.5) is 0 Å². The Balaban J connectivity index is 0.000000376. The Hall–Kier alpha value is -2.80. The molecule has 0 atom stereocenters. The van der Waals surface area contributed by atoms with Crippen LogP contribution in [0.15, 0.2) is 97.3 Å². The third kappa shape index (κ3) is 5.34. The van der Waals surface area contributed by atoms with Crippen molar-refractivity contribution in [1.82, 2.24) is 0 Å². The normalized spacial score (nSPS) is 11.0. The average Bonchev–Trinajstić information content (AvgIpc) is 2.67. The Labute approximate surface area is 158 Å². The fourth-order valence-electron chi connectivity index (χ4n) is 2.85. The summed E-state index contributed by atoms with van der Waals surface area (Å²) >= 11 is 0. The van der Waals surface area contributed by atoms with Gasteiger partial charge in [-0.3, -0.25) is 0 Å². The van der Waals surface area contributed by atoms with E-state index >= 15 is 0 Å². The van der Waals surface area contributed by atoms with Crippen LogP contribution in [0.1, 0.15) is 0 Å². The quantitative estimate of drug-likeness (QED) is 0.457. The number of nitrogens with zero attached hydrogens (tertiary/aromatic N) is 1. The zero-order valence-electron chi connectivity index (χ0n) is 14.2. The van der Waals surface area contributed by atoms with Gasteiger partial charge >= 0.3 is 0 Å². The highest BCUT2D eigenvalue weighted by Gasteiger charge is 2.13. The number of aromatic nitrogens is 1. The topological polar surface area (TPSA) is 96.3 Å². The summed E-state index contributed by atoms with van der Waals surface area (Å²) < 4.78 is 36.1. The first-order valence-electron chi connectivity index (χ1n) is 8.08. The second kappa shape index (κ2) is 8.26. The van der Waals surface area contributed by atoms with Gasteiger partial charge in [0, 0.05) is 23.8 Å². The Morgan fingerprint density at radius 2 is 1.07 bits per heavy atom. The molecule has 2 aromatic heterocycles. The molecular weight excluding hydrogens is 366 g/mol. The van der Waals surface area contributed by atoms with Crippen molar-refractivity contribution >= 4 is 5.52 Å². The van der Waals surface area contributed by atoms with E-state index in [-0.39, 0.29) is 0 Å². The van der Waals surface area contributed by atoms with Gasteiger partial charge in [0.25, 0.3) is 0 Å². The van der Waals surface area contributed by atoms with Crippen LogP contribution >= 0.6 is 0 Å². The molecule has 2 aromatic carbocycles. The van der Waals surface area contributed by atoms with E-state index in [1.807, 2.05) is 0 Å². The maximum Gasteiger partial charge on any atom is 0.211 e. The third-order valence-corrected chi connectivity index (χ3v) is 3.94. The summed E-state index contributed by atoms with van der Waals surface area (Å²) in [4.78, 5) is 0. The van der Waals surface area contributed by atoms with Crippen LogP contribution in [-0.2, 0) is 0 Å². The fraction of sp³-hybridized carbons (Fsp3) is 0. The maximum absolute atomic E-state index is 8.49. The van der Waals surface area contributed by atoms with E-state index in [1.165, 1.54) is 27.8 Å². The molecule has 0 saturated carbocycles. The zero-order chi connectivity index (χ0) is 19.3. The summed E-state index contributed by atoms with van der Waals surface area (Å²) in [6, 6.07) is 29.7. The lowest BCUT2D eigenvalue weighted by molar-refractivity contribution is -2.00. The molecule has 2 heterocycles. The first-order valence-corrected chi connectivity index (χ1v) is 9.32. The molecule has 0 amide bonds. The molecule has 6 heteroatoms. The second-order valence-corrected chi connectivity index (χ2v) is 6.50. The first-order chi connectivity index (χ1) is 12.9. The minimum absolute atomic E-state index is 1.20. The SMILES string of the molecule is [O-][Cl+3]([O-])([O-])[O-].c1ccc(-c2cc3cccc[n+]3cc2-c2ccccc2)cc1. The van der Waals surface area contributed by atoms with Gasteiger partial charge in [0.15, 0.2) is 12.4 Å². The standard InChI is InChI=1S/C21H16N.ClHO4/c1-3-9-17(10-4-1)20-15-19-13-7-8-14-22(19)16-21(20)18-11-5-2-6-12-18;2-1(3,4)5/h1-16H;(H,2,3,4,5)/q+1;/p-1. The Bertz CT molecular complexity index is 934. The molecule has 136 valence electrons. The van der Waals surface area contributed by atoms with Crippen molar-refractivity contribution in [2.24, 2.45) is 0 Å². The van der Waals surface area contributed by atoms with Crippen LogP contribution in [0.3, 0.4) is 0 Å². The molecule has 4 aromatic rings. The van der Waals surface area contributed by atoms with Crippen LogP contribution in [0, 0.1) is 10.2 Å². The largest absolute Gasteiger partial charge is 0.222 e. The summed E-state index contributed by atoms with van der Waals surface area (Å²) in [7, 11) is -4.94. The molecule has 0 radical (unpaired) electrons. The first kappa shape index (κ1) is 19.0. The Morgan fingerprint density at radius 1 is 0.593 bits per heavy atom. The number of rotatable bonds is 2. The third-order valence-electron chi connectivity index (χ3n) is 3.94. The van der Waals surface area contributed by atoms with Gasteiger partial charge in [-0.2, -0.15) is 4.40 Å². The van der Waals surface area contributed by atoms with E-state index in [0.717, 1.165) is 0 Å². The molecular formula is C21H16ClNO4. The van der Waals surface area contributed by atoms with Crippen molar-refractivity contribution in [1.29, 1.82) is 0 Å². The van der Waals surface area contributed by atoms with Gasteiger partial charge in [-0.15, -0.1) is 10.2 Å². The zero-order valence-corrected chi connectivity index (χ0v) is 15.0. The summed E-state index contributed by atoms with van der Waals surface area (Å²) in [6.07, 6.45) is 4.31. The number of hydrogen-bond donors (Lipinski definition) is 0.